The molecule has 2 N–H and O–H groups in total. The summed E-state index contributed by atoms with van der Waals surface area (Å²) in [4.78, 5) is 29.4. The van der Waals surface area contributed by atoms with E-state index in [1.54, 1.807) is 48.8 Å². The molecule has 0 saturated carbocycles. The minimum Gasteiger partial charge on any atom is -0.494 e. The number of H-pyrrole nitrogens is 1. The van der Waals surface area contributed by atoms with E-state index in [1.807, 2.05) is 30.3 Å². The Balaban J connectivity index is 1.61. The van der Waals surface area contributed by atoms with Crippen molar-refractivity contribution in [2.75, 3.05) is 0 Å². The SMILES string of the molecule is O=c1c2ccccc2c(C=NCc2nc3ccccc3[nH]2)c(O)n1-c1ccccn1. The van der Waals surface area contributed by atoms with Crippen LogP contribution in [-0.4, -0.2) is 30.8 Å². The first-order valence-corrected chi connectivity index (χ1v) is 9.44. The van der Waals surface area contributed by atoms with Crippen LogP contribution < -0.4 is 5.56 Å². The molecule has 0 spiro atoms. The molecule has 0 fully saturated rings. The summed E-state index contributed by atoms with van der Waals surface area (Å²) in [7, 11) is 0. The number of aromatic hydroxyl groups is 1. The van der Waals surface area contributed by atoms with Crippen molar-refractivity contribution in [3.05, 3.63) is 94.7 Å². The summed E-state index contributed by atoms with van der Waals surface area (Å²) in [5.41, 5.74) is 1.93. The van der Waals surface area contributed by atoms with E-state index in [0.29, 0.717) is 34.5 Å². The van der Waals surface area contributed by atoms with Gasteiger partial charge in [-0.2, -0.15) is 0 Å². The van der Waals surface area contributed by atoms with Gasteiger partial charge in [0.15, 0.2) is 0 Å². The van der Waals surface area contributed by atoms with Gasteiger partial charge >= 0.3 is 0 Å². The first kappa shape index (κ1) is 17.8. The molecule has 0 saturated heterocycles. The fourth-order valence-corrected chi connectivity index (χ4v) is 3.49. The molecular formula is C23H17N5O2. The van der Waals surface area contributed by atoms with Crippen molar-refractivity contribution in [3.8, 4) is 11.7 Å². The molecule has 7 heteroatoms. The topological polar surface area (TPSA) is 96.2 Å². The predicted octanol–water partition coefficient (Wildman–Crippen LogP) is 3.59. The summed E-state index contributed by atoms with van der Waals surface area (Å²) in [5.74, 6) is 0.859. The van der Waals surface area contributed by atoms with Crippen molar-refractivity contribution in [2.45, 2.75) is 6.54 Å². The van der Waals surface area contributed by atoms with Gasteiger partial charge in [-0.1, -0.05) is 36.4 Å². The number of hydrogen-bond donors (Lipinski definition) is 2. The van der Waals surface area contributed by atoms with Crippen molar-refractivity contribution in [3.63, 3.8) is 0 Å². The van der Waals surface area contributed by atoms with Gasteiger partial charge in [0.05, 0.1) is 23.1 Å². The molecule has 30 heavy (non-hydrogen) atoms. The standard InChI is InChI=1S/C23H17N5O2/c29-22-16-8-2-1-7-15(16)17(23(30)28(22)21-11-5-6-12-25-21)13-24-14-20-26-18-9-3-4-10-19(18)27-20/h1-13,30H,14H2,(H,26,27). The van der Waals surface area contributed by atoms with Gasteiger partial charge in [0.25, 0.3) is 5.56 Å². The lowest BCUT2D eigenvalue weighted by Crippen LogP contribution is -2.20. The van der Waals surface area contributed by atoms with Gasteiger partial charge in [-0.25, -0.2) is 14.5 Å². The molecule has 5 rings (SSSR count). The molecule has 0 amide bonds. The molecular weight excluding hydrogens is 378 g/mol. The zero-order valence-electron chi connectivity index (χ0n) is 15.9. The predicted molar refractivity (Wildman–Crippen MR) is 116 cm³/mol. The van der Waals surface area contributed by atoms with Gasteiger partial charge in [-0.15, -0.1) is 0 Å². The fourth-order valence-electron chi connectivity index (χ4n) is 3.49. The summed E-state index contributed by atoms with van der Waals surface area (Å²) in [6, 6.07) is 20.1. The first-order chi connectivity index (χ1) is 14.7. The average Bonchev–Trinajstić information content (AvgIpc) is 3.20. The van der Waals surface area contributed by atoms with Crippen LogP contribution in [0.15, 0.2) is 82.7 Å². The summed E-state index contributed by atoms with van der Waals surface area (Å²) in [6.07, 6.45) is 3.15. The highest BCUT2D eigenvalue weighted by molar-refractivity contribution is 6.01. The highest BCUT2D eigenvalue weighted by atomic mass is 16.3. The number of aliphatic imine (C=N–C) groups is 1. The van der Waals surface area contributed by atoms with E-state index in [0.717, 1.165) is 11.0 Å². The maximum absolute atomic E-state index is 13.0. The molecule has 0 unspecified atom stereocenters. The van der Waals surface area contributed by atoms with Crippen molar-refractivity contribution < 1.29 is 5.11 Å². The van der Waals surface area contributed by atoms with Gasteiger partial charge in [-0.3, -0.25) is 9.79 Å². The first-order valence-electron chi connectivity index (χ1n) is 9.44. The maximum atomic E-state index is 13.0. The van der Waals surface area contributed by atoms with Gasteiger partial charge in [0, 0.05) is 23.2 Å². The molecule has 5 aromatic rings. The van der Waals surface area contributed by atoms with Crippen molar-refractivity contribution in [1.82, 2.24) is 19.5 Å². The lowest BCUT2D eigenvalue weighted by atomic mass is 10.1. The molecule has 0 radical (unpaired) electrons. The van der Waals surface area contributed by atoms with Crippen LogP contribution in [0.2, 0.25) is 0 Å². The van der Waals surface area contributed by atoms with E-state index in [9.17, 15) is 9.90 Å². The van der Waals surface area contributed by atoms with Crippen LogP contribution in [0.1, 0.15) is 11.4 Å². The lowest BCUT2D eigenvalue weighted by molar-refractivity contribution is 0.435. The normalized spacial score (nSPS) is 11.6. The number of aromatic nitrogens is 4. The van der Waals surface area contributed by atoms with Gasteiger partial charge in [-0.05, 0) is 30.3 Å². The van der Waals surface area contributed by atoms with Crippen LogP contribution in [-0.2, 0) is 6.54 Å². The number of imidazole rings is 1. The molecule has 0 aliphatic rings. The number of fused-ring (bicyclic) bond motifs is 2. The summed E-state index contributed by atoms with van der Waals surface area (Å²) < 4.78 is 1.20. The summed E-state index contributed by atoms with van der Waals surface area (Å²) in [6.45, 7) is 0.311. The maximum Gasteiger partial charge on any atom is 0.267 e. The fraction of sp³-hybridized carbons (Fsp3) is 0.0435. The highest BCUT2D eigenvalue weighted by Gasteiger charge is 2.16. The van der Waals surface area contributed by atoms with Crippen LogP contribution in [0.25, 0.3) is 27.6 Å². The third-order valence-electron chi connectivity index (χ3n) is 4.88. The van der Waals surface area contributed by atoms with Gasteiger partial charge in [0.2, 0.25) is 5.88 Å². The minimum absolute atomic E-state index is 0.203. The number of nitrogens with one attached hydrogen (secondary N) is 1. The Morgan fingerprint density at radius 1 is 1.00 bits per heavy atom. The molecule has 0 aliphatic heterocycles. The molecule has 7 nitrogen and oxygen atoms in total. The van der Waals surface area contributed by atoms with Crippen molar-refractivity contribution in [1.29, 1.82) is 0 Å². The van der Waals surface area contributed by atoms with E-state index in [2.05, 4.69) is 19.9 Å². The Bertz CT molecular complexity index is 1420. The smallest absolute Gasteiger partial charge is 0.267 e. The molecule has 2 aromatic carbocycles. The Labute approximate surface area is 171 Å². The Kier molecular flexibility index (Phi) is 4.33. The number of rotatable bonds is 4. The molecule has 0 bridgehead atoms. The minimum atomic E-state index is -0.337. The number of pyridine rings is 2. The van der Waals surface area contributed by atoms with E-state index in [1.165, 1.54) is 4.57 Å². The summed E-state index contributed by atoms with van der Waals surface area (Å²) in [5, 5.41) is 12.0. The van der Waals surface area contributed by atoms with E-state index < -0.39 is 0 Å². The third kappa shape index (κ3) is 3.02. The Hall–Kier alpha value is -4.26. The summed E-state index contributed by atoms with van der Waals surface area (Å²) >= 11 is 0. The largest absolute Gasteiger partial charge is 0.494 e. The molecule has 3 aromatic heterocycles. The number of nitrogens with zero attached hydrogens (tertiary/aromatic N) is 4. The number of benzene rings is 2. The third-order valence-corrected chi connectivity index (χ3v) is 4.88. The van der Waals surface area contributed by atoms with Gasteiger partial charge in [0.1, 0.15) is 11.6 Å². The van der Waals surface area contributed by atoms with Crippen LogP contribution in [0.5, 0.6) is 5.88 Å². The number of aromatic amines is 1. The monoisotopic (exact) mass is 395 g/mol. The van der Waals surface area contributed by atoms with Crippen LogP contribution in [0, 0.1) is 0 Å². The Morgan fingerprint density at radius 2 is 1.77 bits per heavy atom. The van der Waals surface area contributed by atoms with E-state index in [-0.39, 0.29) is 11.4 Å². The van der Waals surface area contributed by atoms with Crippen molar-refractivity contribution in [2.24, 2.45) is 4.99 Å². The zero-order valence-corrected chi connectivity index (χ0v) is 15.9. The molecule has 146 valence electrons. The quantitative estimate of drug-likeness (QED) is 0.455. The average molecular weight is 395 g/mol. The van der Waals surface area contributed by atoms with Crippen LogP contribution >= 0.6 is 0 Å². The van der Waals surface area contributed by atoms with E-state index >= 15 is 0 Å². The lowest BCUT2D eigenvalue weighted by Gasteiger charge is -2.12. The second kappa shape index (κ2) is 7.29. The second-order valence-corrected chi connectivity index (χ2v) is 6.78. The molecule has 0 aliphatic carbocycles. The van der Waals surface area contributed by atoms with Crippen LogP contribution in [0.4, 0.5) is 0 Å². The van der Waals surface area contributed by atoms with E-state index in [4.69, 9.17) is 0 Å². The van der Waals surface area contributed by atoms with Gasteiger partial charge < -0.3 is 10.1 Å². The number of hydrogen-bond acceptors (Lipinski definition) is 5. The Morgan fingerprint density at radius 3 is 2.57 bits per heavy atom. The van der Waals surface area contributed by atoms with Crippen molar-refractivity contribution >= 4 is 28.0 Å². The molecule has 3 heterocycles. The highest BCUT2D eigenvalue weighted by Crippen LogP contribution is 2.25. The molecule has 0 atom stereocenters. The zero-order chi connectivity index (χ0) is 20.5. The van der Waals surface area contributed by atoms with Crippen LogP contribution in [0.3, 0.4) is 0 Å². The second-order valence-electron chi connectivity index (χ2n) is 6.78. The number of para-hydroxylation sites is 2.